The highest BCUT2D eigenvalue weighted by Gasteiger charge is 2.26. The van der Waals surface area contributed by atoms with Crippen molar-refractivity contribution in [2.75, 3.05) is 54.1 Å². The second kappa shape index (κ2) is 41.7. The monoisotopic (exact) mass is 829 g/mol. The Kier molecular flexibility index (Phi) is 41.0. The average molecular weight is 829 g/mol. The van der Waals surface area contributed by atoms with Crippen LogP contribution in [0.1, 0.15) is 219 Å². The van der Waals surface area contributed by atoms with Gasteiger partial charge in [-0.1, -0.05) is 199 Å². The lowest BCUT2D eigenvalue weighted by molar-refractivity contribution is -0.870. The second-order valence-corrected chi connectivity index (χ2v) is 19.0. The van der Waals surface area contributed by atoms with Crippen LogP contribution in [0.25, 0.3) is 0 Å². The van der Waals surface area contributed by atoms with Gasteiger partial charge in [0.1, 0.15) is 19.3 Å². The fourth-order valence-corrected chi connectivity index (χ4v) is 7.49. The van der Waals surface area contributed by atoms with E-state index in [9.17, 15) is 14.3 Å². The van der Waals surface area contributed by atoms with Crippen LogP contribution in [0.3, 0.4) is 0 Å². The zero-order valence-corrected chi connectivity index (χ0v) is 39.2. The van der Waals surface area contributed by atoms with E-state index in [4.69, 9.17) is 18.5 Å². The molecule has 0 aliphatic rings. The topological polar surface area (TPSA) is 91.3 Å². The molecule has 9 heteroatoms. The van der Waals surface area contributed by atoms with Crippen molar-refractivity contribution >= 4 is 13.8 Å². The molecule has 2 unspecified atom stereocenters. The van der Waals surface area contributed by atoms with E-state index < -0.39 is 13.9 Å². The summed E-state index contributed by atoms with van der Waals surface area (Å²) in [6, 6.07) is 0. The van der Waals surface area contributed by atoms with Crippen LogP contribution in [0.4, 0.5) is 0 Å². The molecule has 0 rings (SSSR count). The van der Waals surface area contributed by atoms with Crippen molar-refractivity contribution in [3.05, 3.63) is 24.3 Å². The first-order valence-corrected chi connectivity index (χ1v) is 25.6. The van der Waals surface area contributed by atoms with Gasteiger partial charge in [-0.2, -0.15) is 0 Å². The van der Waals surface area contributed by atoms with Crippen LogP contribution in [0.2, 0.25) is 0 Å². The molecule has 1 N–H and O–H groups in total. The van der Waals surface area contributed by atoms with E-state index in [0.717, 1.165) is 57.8 Å². The molecular weight excluding hydrogens is 734 g/mol. The minimum atomic E-state index is -4.28. The van der Waals surface area contributed by atoms with Gasteiger partial charge in [-0.25, -0.2) is 4.57 Å². The minimum absolute atomic E-state index is 0.0878. The number of allylic oxidation sites excluding steroid dienone is 4. The number of rotatable bonds is 45. The number of hydrogen-bond acceptors (Lipinski definition) is 6. The van der Waals surface area contributed by atoms with Gasteiger partial charge in [0, 0.05) is 13.0 Å². The van der Waals surface area contributed by atoms with Gasteiger partial charge >= 0.3 is 13.8 Å². The summed E-state index contributed by atoms with van der Waals surface area (Å²) < 4.78 is 35.1. The number of carbonyl (C=O) groups is 1. The summed E-state index contributed by atoms with van der Waals surface area (Å²) in [7, 11) is 1.67. The Bertz CT molecular complexity index is 967. The molecule has 0 spiro atoms. The summed E-state index contributed by atoms with van der Waals surface area (Å²) in [5.74, 6) is -0.324. The maximum atomic E-state index is 12.7. The third-order valence-corrected chi connectivity index (χ3v) is 11.5. The maximum absolute atomic E-state index is 12.7. The Morgan fingerprint density at radius 2 is 0.982 bits per heavy atom. The molecule has 0 radical (unpaired) electrons. The molecule has 0 saturated heterocycles. The van der Waals surface area contributed by atoms with E-state index in [1.54, 1.807) is 0 Å². The van der Waals surface area contributed by atoms with Gasteiger partial charge in [0.05, 0.1) is 34.4 Å². The van der Waals surface area contributed by atoms with E-state index in [-0.39, 0.29) is 25.8 Å². The molecule has 0 saturated carbocycles. The van der Waals surface area contributed by atoms with Crippen LogP contribution in [0.5, 0.6) is 0 Å². The van der Waals surface area contributed by atoms with Crippen molar-refractivity contribution < 1.29 is 37.3 Å². The quantitative estimate of drug-likeness (QED) is 0.0215. The van der Waals surface area contributed by atoms with Crippen molar-refractivity contribution in [3.63, 3.8) is 0 Å². The number of esters is 1. The van der Waals surface area contributed by atoms with Crippen molar-refractivity contribution in [1.29, 1.82) is 0 Å². The number of phosphoric acid groups is 1. The van der Waals surface area contributed by atoms with Crippen molar-refractivity contribution in [1.82, 2.24) is 0 Å². The summed E-state index contributed by atoms with van der Waals surface area (Å²) in [4.78, 5) is 22.9. The molecule has 338 valence electrons. The Balaban J connectivity index is 4.12. The molecule has 0 aromatic heterocycles. The Morgan fingerprint density at radius 3 is 1.47 bits per heavy atom. The van der Waals surface area contributed by atoms with Gasteiger partial charge in [-0.15, -0.1) is 0 Å². The lowest BCUT2D eigenvalue weighted by atomic mass is 10.0. The van der Waals surface area contributed by atoms with Crippen LogP contribution in [-0.2, 0) is 27.9 Å². The molecule has 0 amide bonds. The summed E-state index contributed by atoms with van der Waals surface area (Å²) in [6.45, 7) is 5.60. The smallest absolute Gasteiger partial charge is 0.457 e. The van der Waals surface area contributed by atoms with Crippen molar-refractivity contribution in [2.45, 2.75) is 225 Å². The minimum Gasteiger partial charge on any atom is -0.457 e. The zero-order chi connectivity index (χ0) is 42.0. The fraction of sp³-hybridized carbons (Fsp3) is 0.896. The number of nitrogens with zero attached hydrogens (tertiary/aromatic N) is 1. The molecule has 0 aromatic rings. The van der Waals surface area contributed by atoms with Crippen LogP contribution in [0, 0.1) is 0 Å². The summed E-state index contributed by atoms with van der Waals surface area (Å²) in [6.07, 6.45) is 47.9. The molecule has 0 aromatic carbocycles. The molecule has 0 bridgehead atoms. The van der Waals surface area contributed by atoms with Gasteiger partial charge in [-0.05, 0) is 38.5 Å². The maximum Gasteiger partial charge on any atom is 0.472 e. The first kappa shape index (κ1) is 56.0. The van der Waals surface area contributed by atoms with Gasteiger partial charge in [0.2, 0.25) is 0 Å². The lowest BCUT2D eigenvalue weighted by Gasteiger charge is -2.24. The van der Waals surface area contributed by atoms with E-state index >= 15 is 0 Å². The first-order chi connectivity index (χ1) is 27.6. The van der Waals surface area contributed by atoms with Crippen LogP contribution >= 0.6 is 7.82 Å². The molecule has 0 fully saturated rings. The van der Waals surface area contributed by atoms with E-state index in [2.05, 4.69) is 38.2 Å². The van der Waals surface area contributed by atoms with Crippen molar-refractivity contribution in [2.24, 2.45) is 0 Å². The molecule has 57 heavy (non-hydrogen) atoms. The number of phosphoric ester groups is 1. The molecule has 0 heterocycles. The normalized spacial score (nSPS) is 13.9. The fourth-order valence-electron chi connectivity index (χ4n) is 6.75. The predicted molar refractivity (Wildman–Crippen MR) is 243 cm³/mol. The standard InChI is InChI=1S/C48H94NO7P/c1-6-8-10-12-14-16-18-20-22-23-24-25-26-27-28-30-32-34-36-38-40-43-53-45-47(46-55-57(51,52)54-44-42-49(3,4)5)56-48(50)41-39-37-35-33-31-29-21-19-17-15-13-11-9-7-2/h13,15,19,21,47H,6-12,14,16-18,20,22-46H2,1-5H3/p+1/b15-13-,21-19-. The van der Waals surface area contributed by atoms with E-state index in [1.165, 1.54) is 141 Å². The SMILES string of the molecule is CCCC/C=C\C/C=C\CCCCCCCC(=O)OC(COCCCCCCCCCCCCCCCCCCCCCCC)COP(=O)(O)OCC[N+](C)(C)C. The Hall–Kier alpha value is -1.02. The number of quaternary nitrogens is 1. The molecule has 0 aliphatic heterocycles. The Labute approximate surface area is 353 Å². The third kappa shape index (κ3) is 45.9. The molecular formula is C48H95NO7P+. The number of unbranched alkanes of at least 4 members (excludes halogenated alkanes) is 27. The predicted octanol–water partition coefficient (Wildman–Crippen LogP) is 14.4. The third-order valence-electron chi connectivity index (χ3n) is 10.5. The van der Waals surface area contributed by atoms with Gasteiger partial charge in [0.15, 0.2) is 0 Å². The lowest BCUT2D eigenvalue weighted by Crippen LogP contribution is -2.37. The molecule has 8 nitrogen and oxygen atoms in total. The summed E-state index contributed by atoms with van der Waals surface area (Å²) >= 11 is 0. The second-order valence-electron chi connectivity index (χ2n) is 17.5. The number of likely N-dealkylation sites (N-methyl/N-ethyl adjacent to an activating group) is 1. The summed E-state index contributed by atoms with van der Waals surface area (Å²) in [5, 5.41) is 0. The highest BCUT2D eigenvalue weighted by Crippen LogP contribution is 2.43. The highest BCUT2D eigenvalue weighted by atomic mass is 31.2. The van der Waals surface area contributed by atoms with Gasteiger partial charge < -0.3 is 18.9 Å². The van der Waals surface area contributed by atoms with E-state index in [1.807, 2.05) is 21.1 Å². The number of ether oxygens (including phenoxy) is 2. The zero-order valence-electron chi connectivity index (χ0n) is 38.3. The molecule has 2 atom stereocenters. The van der Waals surface area contributed by atoms with E-state index in [0.29, 0.717) is 24.1 Å². The Morgan fingerprint density at radius 1 is 0.544 bits per heavy atom. The number of hydrogen-bond donors (Lipinski definition) is 1. The first-order valence-electron chi connectivity index (χ1n) is 24.1. The van der Waals surface area contributed by atoms with Crippen LogP contribution < -0.4 is 0 Å². The largest absolute Gasteiger partial charge is 0.472 e. The number of carbonyl (C=O) groups excluding carboxylic acids is 1. The van der Waals surface area contributed by atoms with Crippen LogP contribution in [0.15, 0.2) is 24.3 Å². The molecule has 0 aliphatic carbocycles. The highest BCUT2D eigenvalue weighted by molar-refractivity contribution is 7.47. The van der Waals surface area contributed by atoms with Crippen molar-refractivity contribution in [3.8, 4) is 0 Å². The van der Waals surface area contributed by atoms with Crippen LogP contribution in [-0.4, -0.2) is 75.6 Å². The van der Waals surface area contributed by atoms with Gasteiger partial charge in [-0.3, -0.25) is 13.8 Å². The summed E-state index contributed by atoms with van der Waals surface area (Å²) in [5.41, 5.74) is 0. The average Bonchev–Trinajstić information content (AvgIpc) is 3.16. The van der Waals surface area contributed by atoms with Gasteiger partial charge in [0.25, 0.3) is 0 Å².